The molecule has 3 nitrogen and oxygen atoms in total. The van der Waals surface area contributed by atoms with Crippen LogP contribution in [-0.4, -0.2) is 55.0 Å². The third-order valence-electron chi connectivity index (χ3n) is 4.29. The molecule has 2 saturated carbocycles. The molecular weight excluding hydrogens is 269 g/mol. The van der Waals surface area contributed by atoms with Crippen LogP contribution in [0, 0.1) is 0 Å². The van der Waals surface area contributed by atoms with Crippen LogP contribution in [0.4, 0.5) is 13.2 Å². The largest absolute Gasteiger partial charge is 0.401 e. The van der Waals surface area contributed by atoms with Crippen molar-refractivity contribution in [2.24, 2.45) is 0 Å². The zero-order valence-electron chi connectivity index (χ0n) is 11.7. The molecule has 1 heterocycles. The molecular formula is C14H23F3N2O. The fraction of sp³-hybridized carbons (Fsp3) is 1.00. The Hall–Kier alpha value is -0.330. The highest BCUT2D eigenvalue weighted by molar-refractivity contribution is 4.89. The molecule has 1 N–H and O–H groups in total. The fourth-order valence-electron chi connectivity index (χ4n) is 2.92. The van der Waals surface area contributed by atoms with Gasteiger partial charge in [0.25, 0.3) is 0 Å². The molecule has 0 bridgehead atoms. The van der Waals surface area contributed by atoms with Crippen LogP contribution in [-0.2, 0) is 4.74 Å². The lowest BCUT2D eigenvalue weighted by Crippen LogP contribution is -2.41. The van der Waals surface area contributed by atoms with Crippen molar-refractivity contribution in [1.82, 2.24) is 10.2 Å². The summed E-state index contributed by atoms with van der Waals surface area (Å²) in [6, 6.07) is 0.787. The molecule has 116 valence electrons. The molecule has 2 aliphatic carbocycles. The molecule has 0 aromatic carbocycles. The summed E-state index contributed by atoms with van der Waals surface area (Å²) in [5.74, 6) is 0. The van der Waals surface area contributed by atoms with Crippen LogP contribution >= 0.6 is 0 Å². The number of nitrogens with zero attached hydrogens (tertiary/aromatic N) is 1. The lowest BCUT2D eigenvalue weighted by atomic mass is 10.2. The fourth-order valence-corrected chi connectivity index (χ4v) is 2.92. The third-order valence-corrected chi connectivity index (χ3v) is 4.29. The van der Waals surface area contributed by atoms with Crippen molar-refractivity contribution < 1.29 is 17.9 Å². The zero-order chi connectivity index (χ0) is 14.2. The molecule has 0 amide bonds. The van der Waals surface area contributed by atoms with E-state index in [1.807, 2.05) is 0 Å². The molecule has 0 aromatic heterocycles. The van der Waals surface area contributed by atoms with Gasteiger partial charge in [-0.2, -0.15) is 13.2 Å². The standard InChI is InChI=1S/C14H23F3N2O/c15-14(16,17)9-19(11-3-4-11)8-13-6-5-12(20-13)7-18-10-1-2-10/h10-13,18H,1-9H2. The van der Waals surface area contributed by atoms with Gasteiger partial charge in [-0.05, 0) is 38.5 Å². The van der Waals surface area contributed by atoms with Crippen LogP contribution < -0.4 is 5.32 Å². The van der Waals surface area contributed by atoms with Gasteiger partial charge in [-0.3, -0.25) is 4.90 Å². The molecule has 2 atom stereocenters. The van der Waals surface area contributed by atoms with Crippen molar-refractivity contribution in [3.63, 3.8) is 0 Å². The summed E-state index contributed by atoms with van der Waals surface area (Å²) in [6.07, 6.45) is 2.21. The zero-order valence-corrected chi connectivity index (χ0v) is 11.7. The summed E-state index contributed by atoms with van der Waals surface area (Å²) in [5, 5.41) is 3.43. The number of halogens is 3. The number of alkyl halides is 3. The van der Waals surface area contributed by atoms with Gasteiger partial charge in [0.05, 0.1) is 18.8 Å². The van der Waals surface area contributed by atoms with E-state index in [-0.39, 0.29) is 18.2 Å². The van der Waals surface area contributed by atoms with Crippen LogP contribution in [0.15, 0.2) is 0 Å². The molecule has 0 spiro atoms. The third kappa shape index (κ3) is 4.60. The molecule has 3 aliphatic rings. The van der Waals surface area contributed by atoms with Gasteiger partial charge in [0.15, 0.2) is 0 Å². The Labute approximate surface area is 117 Å². The van der Waals surface area contributed by atoms with Crippen molar-refractivity contribution in [2.45, 2.75) is 69.0 Å². The van der Waals surface area contributed by atoms with E-state index in [0.29, 0.717) is 12.6 Å². The number of hydrogen-bond acceptors (Lipinski definition) is 3. The first-order valence-electron chi connectivity index (χ1n) is 7.69. The van der Waals surface area contributed by atoms with Crippen LogP contribution in [0.2, 0.25) is 0 Å². The molecule has 2 unspecified atom stereocenters. The first kappa shape index (κ1) is 14.6. The second kappa shape index (κ2) is 5.81. The second-order valence-electron chi connectivity index (χ2n) is 6.42. The van der Waals surface area contributed by atoms with Gasteiger partial charge in [-0.25, -0.2) is 0 Å². The van der Waals surface area contributed by atoms with Gasteiger partial charge in [0.2, 0.25) is 0 Å². The van der Waals surface area contributed by atoms with E-state index >= 15 is 0 Å². The highest BCUT2D eigenvalue weighted by Crippen LogP contribution is 2.32. The Balaban J connectivity index is 1.41. The van der Waals surface area contributed by atoms with Crippen molar-refractivity contribution in [1.29, 1.82) is 0 Å². The van der Waals surface area contributed by atoms with E-state index in [1.54, 1.807) is 4.90 Å². The molecule has 20 heavy (non-hydrogen) atoms. The minimum absolute atomic E-state index is 0.0241. The first-order chi connectivity index (χ1) is 9.49. The highest BCUT2D eigenvalue weighted by atomic mass is 19.4. The average Bonchev–Trinajstić information content (AvgIpc) is 3.24. The van der Waals surface area contributed by atoms with E-state index in [2.05, 4.69) is 5.32 Å². The molecule has 0 radical (unpaired) electrons. The molecule has 1 saturated heterocycles. The first-order valence-corrected chi connectivity index (χ1v) is 7.69. The van der Waals surface area contributed by atoms with Gasteiger partial charge in [0, 0.05) is 25.2 Å². The van der Waals surface area contributed by atoms with Gasteiger partial charge in [-0.1, -0.05) is 0 Å². The molecule has 6 heteroatoms. The minimum Gasteiger partial charge on any atom is -0.372 e. The van der Waals surface area contributed by atoms with E-state index in [9.17, 15) is 13.2 Å². The number of hydrogen-bond donors (Lipinski definition) is 1. The topological polar surface area (TPSA) is 24.5 Å². The quantitative estimate of drug-likeness (QED) is 0.779. The van der Waals surface area contributed by atoms with Crippen LogP contribution in [0.25, 0.3) is 0 Å². The van der Waals surface area contributed by atoms with E-state index in [4.69, 9.17) is 4.74 Å². The SMILES string of the molecule is FC(F)(F)CN(CC1CCC(CNC2CC2)O1)C1CC1. The predicted octanol–water partition coefficient (Wildman–Crippen LogP) is 2.31. The van der Waals surface area contributed by atoms with Gasteiger partial charge >= 0.3 is 6.18 Å². The second-order valence-corrected chi connectivity index (χ2v) is 6.42. The van der Waals surface area contributed by atoms with Crippen LogP contribution in [0.1, 0.15) is 38.5 Å². The van der Waals surface area contributed by atoms with Crippen molar-refractivity contribution in [3.8, 4) is 0 Å². The summed E-state index contributed by atoms with van der Waals surface area (Å²) < 4.78 is 43.6. The maximum atomic E-state index is 12.6. The lowest BCUT2D eigenvalue weighted by molar-refractivity contribution is -0.150. The Kier molecular flexibility index (Phi) is 4.24. The van der Waals surface area contributed by atoms with E-state index in [1.165, 1.54) is 12.8 Å². The average molecular weight is 292 g/mol. The van der Waals surface area contributed by atoms with E-state index < -0.39 is 12.7 Å². The number of ether oxygens (including phenoxy) is 1. The Morgan fingerprint density at radius 1 is 1.00 bits per heavy atom. The molecule has 0 aromatic rings. The van der Waals surface area contributed by atoms with Crippen LogP contribution in [0.5, 0.6) is 0 Å². The molecule has 3 rings (SSSR count). The molecule has 1 aliphatic heterocycles. The number of nitrogens with one attached hydrogen (secondary N) is 1. The van der Waals surface area contributed by atoms with Crippen molar-refractivity contribution in [3.05, 3.63) is 0 Å². The summed E-state index contributed by atoms with van der Waals surface area (Å²) in [4.78, 5) is 1.57. The maximum absolute atomic E-state index is 12.6. The highest BCUT2D eigenvalue weighted by Gasteiger charge is 2.40. The maximum Gasteiger partial charge on any atom is 0.401 e. The minimum atomic E-state index is -4.10. The lowest BCUT2D eigenvalue weighted by Gasteiger charge is -2.26. The van der Waals surface area contributed by atoms with Crippen LogP contribution in [0.3, 0.4) is 0 Å². The smallest absolute Gasteiger partial charge is 0.372 e. The van der Waals surface area contributed by atoms with Gasteiger partial charge < -0.3 is 10.1 Å². The molecule has 3 fully saturated rings. The van der Waals surface area contributed by atoms with E-state index in [0.717, 1.165) is 32.2 Å². The summed E-state index contributed by atoms with van der Waals surface area (Å²) in [6.45, 7) is 0.497. The normalized spacial score (nSPS) is 31.2. The summed E-state index contributed by atoms with van der Waals surface area (Å²) in [7, 11) is 0. The Bertz CT molecular complexity index is 329. The predicted molar refractivity (Wildman–Crippen MR) is 69.6 cm³/mol. The Morgan fingerprint density at radius 3 is 2.30 bits per heavy atom. The summed E-state index contributed by atoms with van der Waals surface area (Å²) >= 11 is 0. The van der Waals surface area contributed by atoms with Crippen molar-refractivity contribution >= 4 is 0 Å². The van der Waals surface area contributed by atoms with Gasteiger partial charge in [-0.15, -0.1) is 0 Å². The Morgan fingerprint density at radius 2 is 1.70 bits per heavy atom. The van der Waals surface area contributed by atoms with Gasteiger partial charge in [0.1, 0.15) is 0 Å². The number of rotatable bonds is 7. The monoisotopic (exact) mass is 292 g/mol. The summed E-state index contributed by atoms with van der Waals surface area (Å²) in [5.41, 5.74) is 0. The van der Waals surface area contributed by atoms with Crippen molar-refractivity contribution in [2.75, 3.05) is 19.6 Å².